The minimum atomic E-state index is -0.216. The van der Waals surface area contributed by atoms with Crippen LogP contribution in [-0.2, 0) is 16.1 Å². The van der Waals surface area contributed by atoms with Gasteiger partial charge in [-0.05, 0) is 36.6 Å². The minimum Gasteiger partial charge on any atom is -0.497 e. The van der Waals surface area contributed by atoms with E-state index in [4.69, 9.17) is 4.74 Å². The molecule has 0 radical (unpaired) electrons. The van der Waals surface area contributed by atoms with E-state index in [-0.39, 0.29) is 24.1 Å². The highest BCUT2D eigenvalue weighted by Gasteiger charge is 2.17. The molecule has 8 nitrogen and oxygen atoms in total. The van der Waals surface area contributed by atoms with Crippen LogP contribution in [0, 0.1) is 5.92 Å². The van der Waals surface area contributed by atoms with E-state index in [1.807, 2.05) is 35.8 Å². The van der Waals surface area contributed by atoms with Crippen molar-refractivity contribution in [2.75, 3.05) is 26.0 Å². The summed E-state index contributed by atoms with van der Waals surface area (Å²) in [5.41, 5.74) is 0.933. The number of carbonyl (C=O) groups is 2. The smallest absolute Gasteiger partial charge is 0.239 e. The van der Waals surface area contributed by atoms with E-state index in [0.717, 1.165) is 30.1 Å². The van der Waals surface area contributed by atoms with E-state index in [2.05, 4.69) is 34.7 Å². The quantitative estimate of drug-likeness (QED) is 0.543. The zero-order valence-corrected chi connectivity index (χ0v) is 18.2. The van der Waals surface area contributed by atoms with Gasteiger partial charge in [-0.2, -0.15) is 0 Å². The molecule has 2 rings (SSSR count). The van der Waals surface area contributed by atoms with Crippen LogP contribution in [0.15, 0.2) is 29.4 Å². The summed E-state index contributed by atoms with van der Waals surface area (Å²) in [6, 6.07) is 7.65. The van der Waals surface area contributed by atoms with Crippen LogP contribution < -0.4 is 15.4 Å². The van der Waals surface area contributed by atoms with Gasteiger partial charge >= 0.3 is 0 Å². The number of thioether (sulfide) groups is 1. The van der Waals surface area contributed by atoms with Crippen LogP contribution in [-0.4, -0.2) is 52.5 Å². The lowest BCUT2D eigenvalue weighted by molar-refractivity contribution is -0.124. The summed E-state index contributed by atoms with van der Waals surface area (Å²) < 4.78 is 7.24. The Morgan fingerprint density at radius 1 is 1.14 bits per heavy atom. The third-order valence-electron chi connectivity index (χ3n) is 3.96. The van der Waals surface area contributed by atoms with Crippen molar-refractivity contribution in [2.45, 2.75) is 38.9 Å². The standard InChI is InChI=1S/C20H29N5O3S/c1-5-10-21-17(26)11-22-18(27)13-29-20-24-23-19(25(20)12-14(2)3)15-6-8-16(28-4)9-7-15/h6-9,14H,5,10-13H2,1-4H3,(H,21,26)(H,22,27). The summed E-state index contributed by atoms with van der Waals surface area (Å²) in [6.45, 7) is 7.54. The summed E-state index contributed by atoms with van der Waals surface area (Å²) >= 11 is 1.31. The van der Waals surface area contributed by atoms with Crippen molar-refractivity contribution >= 4 is 23.6 Å². The number of hydrogen-bond donors (Lipinski definition) is 2. The van der Waals surface area contributed by atoms with Crippen LogP contribution in [0.25, 0.3) is 11.4 Å². The van der Waals surface area contributed by atoms with Gasteiger partial charge in [0, 0.05) is 18.7 Å². The zero-order valence-electron chi connectivity index (χ0n) is 17.4. The van der Waals surface area contributed by atoms with E-state index in [0.29, 0.717) is 17.6 Å². The van der Waals surface area contributed by atoms with Gasteiger partial charge in [-0.25, -0.2) is 0 Å². The Labute approximate surface area is 175 Å². The average Bonchev–Trinajstić information content (AvgIpc) is 3.10. The second-order valence-electron chi connectivity index (χ2n) is 6.95. The first kappa shape index (κ1) is 22.7. The molecule has 2 amide bonds. The lowest BCUT2D eigenvalue weighted by Gasteiger charge is -2.13. The lowest BCUT2D eigenvalue weighted by atomic mass is 10.2. The van der Waals surface area contributed by atoms with E-state index >= 15 is 0 Å². The molecule has 9 heteroatoms. The van der Waals surface area contributed by atoms with Crippen molar-refractivity contribution in [3.8, 4) is 17.1 Å². The highest BCUT2D eigenvalue weighted by molar-refractivity contribution is 7.99. The van der Waals surface area contributed by atoms with Gasteiger partial charge in [0.05, 0.1) is 19.4 Å². The van der Waals surface area contributed by atoms with Crippen molar-refractivity contribution < 1.29 is 14.3 Å². The van der Waals surface area contributed by atoms with E-state index in [9.17, 15) is 9.59 Å². The predicted molar refractivity (Wildman–Crippen MR) is 114 cm³/mol. The van der Waals surface area contributed by atoms with Crippen molar-refractivity contribution in [3.05, 3.63) is 24.3 Å². The number of hydrogen-bond acceptors (Lipinski definition) is 6. The Kier molecular flexibility index (Phi) is 8.98. The lowest BCUT2D eigenvalue weighted by Crippen LogP contribution is -2.37. The molecule has 1 aromatic carbocycles. The number of benzene rings is 1. The number of rotatable bonds is 11. The number of nitrogens with one attached hydrogen (secondary N) is 2. The van der Waals surface area contributed by atoms with E-state index < -0.39 is 0 Å². The maximum absolute atomic E-state index is 12.1. The molecule has 0 unspecified atom stereocenters. The molecule has 1 heterocycles. The van der Waals surface area contributed by atoms with Crippen molar-refractivity contribution in [1.29, 1.82) is 0 Å². The molecular weight excluding hydrogens is 390 g/mol. The predicted octanol–water partition coefficient (Wildman–Crippen LogP) is 2.34. The molecule has 0 aliphatic rings. The van der Waals surface area contributed by atoms with Crippen LogP contribution in [0.3, 0.4) is 0 Å². The van der Waals surface area contributed by atoms with Crippen LogP contribution in [0.4, 0.5) is 0 Å². The first-order valence-corrected chi connectivity index (χ1v) is 10.7. The molecule has 29 heavy (non-hydrogen) atoms. The largest absolute Gasteiger partial charge is 0.497 e. The third kappa shape index (κ3) is 7.08. The highest BCUT2D eigenvalue weighted by atomic mass is 32.2. The maximum Gasteiger partial charge on any atom is 0.239 e. The molecule has 0 fully saturated rings. The van der Waals surface area contributed by atoms with Crippen LogP contribution >= 0.6 is 11.8 Å². The van der Waals surface area contributed by atoms with Gasteiger partial charge in [0.2, 0.25) is 11.8 Å². The summed E-state index contributed by atoms with van der Waals surface area (Å²) in [5.74, 6) is 1.68. The fraction of sp³-hybridized carbons (Fsp3) is 0.500. The van der Waals surface area contributed by atoms with E-state index in [1.165, 1.54) is 11.8 Å². The number of carbonyl (C=O) groups excluding carboxylic acids is 2. The summed E-state index contributed by atoms with van der Waals surface area (Å²) in [6.07, 6.45) is 0.859. The molecule has 0 spiro atoms. The zero-order chi connectivity index (χ0) is 21.2. The topological polar surface area (TPSA) is 98.1 Å². The van der Waals surface area contributed by atoms with Crippen LogP contribution in [0.2, 0.25) is 0 Å². The maximum atomic E-state index is 12.1. The minimum absolute atomic E-state index is 0.0187. The molecule has 2 N–H and O–H groups in total. The number of methoxy groups -OCH3 is 1. The van der Waals surface area contributed by atoms with Gasteiger partial charge in [0.25, 0.3) is 0 Å². The van der Waals surface area contributed by atoms with Crippen LogP contribution in [0.1, 0.15) is 27.2 Å². The molecule has 158 valence electrons. The molecule has 0 bridgehead atoms. The fourth-order valence-electron chi connectivity index (χ4n) is 2.57. The average molecular weight is 420 g/mol. The SMILES string of the molecule is CCCNC(=O)CNC(=O)CSc1nnc(-c2ccc(OC)cc2)n1CC(C)C. The molecule has 0 aliphatic carbocycles. The first-order valence-electron chi connectivity index (χ1n) is 9.68. The molecule has 0 aliphatic heterocycles. The Hall–Kier alpha value is -2.55. The van der Waals surface area contributed by atoms with Gasteiger partial charge in [-0.1, -0.05) is 32.5 Å². The number of amides is 2. The van der Waals surface area contributed by atoms with Gasteiger partial charge in [-0.3, -0.25) is 9.59 Å². The van der Waals surface area contributed by atoms with Crippen molar-refractivity contribution in [3.63, 3.8) is 0 Å². The van der Waals surface area contributed by atoms with Gasteiger partial charge < -0.3 is 19.9 Å². The third-order valence-corrected chi connectivity index (χ3v) is 4.93. The van der Waals surface area contributed by atoms with Gasteiger partial charge in [-0.15, -0.1) is 10.2 Å². The molecule has 2 aromatic rings. The number of ether oxygens (including phenoxy) is 1. The highest BCUT2D eigenvalue weighted by Crippen LogP contribution is 2.26. The van der Waals surface area contributed by atoms with Gasteiger partial charge in [0.15, 0.2) is 11.0 Å². The van der Waals surface area contributed by atoms with E-state index in [1.54, 1.807) is 7.11 Å². The summed E-state index contributed by atoms with van der Waals surface area (Å²) in [7, 11) is 1.63. The molecule has 0 saturated carbocycles. The normalized spacial score (nSPS) is 10.8. The Morgan fingerprint density at radius 2 is 1.86 bits per heavy atom. The molecular formula is C20H29N5O3S. The Morgan fingerprint density at radius 3 is 2.48 bits per heavy atom. The van der Waals surface area contributed by atoms with Crippen LogP contribution in [0.5, 0.6) is 5.75 Å². The first-order chi connectivity index (χ1) is 13.9. The number of nitrogens with zero attached hydrogens (tertiary/aromatic N) is 3. The Balaban J connectivity index is 2.03. The van der Waals surface area contributed by atoms with Gasteiger partial charge in [0.1, 0.15) is 5.75 Å². The number of aromatic nitrogens is 3. The second-order valence-corrected chi connectivity index (χ2v) is 7.90. The second kappa shape index (κ2) is 11.5. The Bertz CT molecular complexity index is 805. The summed E-state index contributed by atoms with van der Waals surface area (Å²) in [4.78, 5) is 23.7. The van der Waals surface area contributed by atoms with Crippen molar-refractivity contribution in [1.82, 2.24) is 25.4 Å². The molecule has 1 aromatic heterocycles. The molecule has 0 saturated heterocycles. The van der Waals surface area contributed by atoms with Crippen molar-refractivity contribution in [2.24, 2.45) is 5.92 Å². The fourth-order valence-corrected chi connectivity index (χ4v) is 3.34. The monoisotopic (exact) mass is 419 g/mol. The molecule has 0 atom stereocenters. The summed E-state index contributed by atoms with van der Waals surface area (Å²) in [5, 5.41) is 14.6.